The van der Waals surface area contributed by atoms with Crippen molar-refractivity contribution in [1.82, 2.24) is 10.2 Å². The number of methoxy groups -OCH3 is 1. The number of carbonyl (C=O) groups is 3. The molecule has 0 radical (unpaired) electrons. The summed E-state index contributed by atoms with van der Waals surface area (Å²) in [5, 5.41) is 4.88. The summed E-state index contributed by atoms with van der Waals surface area (Å²) < 4.78 is 32.7. The van der Waals surface area contributed by atoms with Crippen molar-refractivity contribution in [1.29, 1.82) is 0 Å². The molecule has 1 fully saturated rings. The summed E-state index contributed by atoms with van der Waals surface area (Å²) in [4.78, 5) is 37.9. The molecule has 2 aromatic rings. The van der Waals surface area contributed by atoms with Crippen LogP contribution in [0.3, 0.4) is 0 Å². The zero-order valence-corrected chi connectivity index (χ0v) is 15.1. The Morgan fingerprint density at radius 2 is 1.96 bits per heavy atom. The molecule has 1 aliphatic rings. The number of imide groups is 1. The Labute approximate surface area is 159 Å². The molecule has 7 nitrogen and oxygen atoms in total. The lowest BCUT2D eigenvalue weighted by atomic mass is 9.91. The molecule has 9 heteroatoms. The first-order valence-corrected chi connectivity index (χ1v) is 8.28. The number of halogens is 2. The molecule has 0 saturated carbocycles. The normalized spacial score (nSPS) is 18.8. The van der Waals surface area contributed by atoms with Gasteiger partial charge in [-0.2, -0.15) is 0 Å². The average Bonchev–Trinajstić information content (AvgIpc) is 2.87. The molecule has 1 saturated heterocycles. The smallest absolute Gasteiger partial charge is 0.325 e. The number of rotatable bonds is 5. The third-order valence-corrected chi connectivity index (χ3v) is 4.40. The first-order valence-electron chi connectivity index (χ1n) is 8.28. The number of urea groups is 1. The average molecular weight is 389 g/mol. The van der Waals surface area contributed by atoms with Crippen LogP contribution < -0.4 is 15.4 Å². The molecule has 2 N–H and O–H groups in total. The van der Waals surface area contributed by atoms with Gasteiger partial charge >= 0.3 is 6.03 Å². The van der Waals surface area contributed by atoms with Crippen LogP contribution in [-0.4, -0.2) is 36.4 Å². The number of nitrogens with one attached hydrogen (secondary N) is 2. The van der Waals surface area contributed by atoms with E-state index in [1.807, 2.05) is 0 Å². The van der Waals surface area contributed by atoms with E-state index in [9.17, 15) is 23.2 Å². The zero-order chi connectivity index (χ0) is 20.5. The van der Waals surface area contributed by atoms with Crippen molar-refractivity contribution in [2.75, 3.05) is 19.0 Å². The molecule has 0 spiro atoms. The van der Waals surface area contributed by atoms with Crippen molar-refractivity contribution < 1.29 is 27.9 Å². The lowest BCUT2D eigenvalue weighted by molar-refractivity contribution is -0.133. The van der Waals surface area contributed by atoms with E-state index >= 15 is 0 Å². The van der Waals surface area contributed by atoms with E-state index in [2.05, 4.69) is 10.6 Å². The van der Waals surface area contributed by atoms with Crippen molar-refractivity contribution in [3.63, 3.8) is 0 Å². The predicted octanol–water partition coefficient (Wildman–Crippen LogP) is 2.38. The van der Waals surface area contributed by atoms with Crippen LogP contribution in [0.2, 0.25) is 0 Å². The fraction of sp³-hybridized carbons (Fsp3) is 0.211. The van der Waals surface area contributed by atoms with Gasteiger partial charge in [0, 0.05) is 17.3 Å². The number of amides is 4. The van der Waals surface area contributed by atoms with Gasteiger partial charge in [-0.15, -0.1) is 0 Å². The summed E-state index contributed by atoms with van der Waals surface area (Å²) in [7, 11) is 1.47. The minimum absolute atomic E-state index is 0.318. The van der Waals surface area contributed by atoms with Gasteiger partial charge in [0.2, 0.25) is 5.91 Å². The molecular weight excluding hydrogens is 372 g/mol. The van der Waals surface area contributed by atoms with Crippen molar-refractivity contribution in [3.8, 4) is 5.75 Å². The summed E-state index contributed by atoms with van der Waals surface area (Å²) in [6.07, 6.45) is 0. The first kappa shape index (κ1) is 19.3. The predicted molar refractivity (Wildman–Crippen MR) is 95.6 cm³/mol. The second kappa shape index (κ2) is 7.26. The number of benzene rings is 2. The molecule has 1 atom stereocenters. The standard InChI is InChI=1S/C19H17F2N3O4/c1-19(14-8-11(20)6-7-15(14)21)17(26)24(18(27)23-19)10-16(25)22-12-4-3-5-13(9-12)28-2/h3-9H,10H2,1-2H3,(H,22,25)(H,23,27)/t19-/m0/s1. The van der Waals surface area contributed by atoms with Gasteiger partial charge < -0.3 is 15.4 Å². The Kier molecular flexibility index (Phi) is 5.00. The molecule has 1 aliphatic heterocycles. The molecule has 0 aliphatic carbocycles. The Bertz CT molecular complexity index is 966. The van der Waals surface area contributed by atoms with Crippen LogP contribution in [0, 0.1) is 11.6 Å². The highest BCUT2D eigenvalue weighted by atomic mass is 19.1. The lowest BCUT2D eigenvalue weighted by Gasteiger charge is -2.22. The second-order valence-corrected chi connectivity index (χ2v) is 6.35. The molecule has 4 amide bonds. The van der Waals surface area contributed by atoms with Gasteiger partial charge in [0.15, 0.2) is 0 Å². The third-order valence-electron chi connectivity index (χ3n) is 4.40. The summed E-state index contributed by atoms with van der Waals surface area (Å²) in [6, 6.07) is 8.26. The summed E-state index contributed by atoms with van der Waals surface area (Å²) in [5.74, 6) is -2.58. The summed E-state index contributed by atoms with van der Waals surface area (Å²) >= 11 is 0. The minimum atomic E-state index is -1.82. The monoisotopic (exact) mass is 389 g/mol. The van der Waals surface area contributed by atoms with Crippen LogP contribution in [0.4, 0.5) is 19.3 Å². The van der Waals surface area contributed by atoms with E-state index in [-0.39, 0.29) is 5.56 Å². The Balaban J connectivity index is 1.78. The van der Waals surface area contributed by atoms with Crippen LogP contribution in [-0.2, 0) is 15.1 Å². The second-order valence-electron chi connectivity index (χ2n) is 6.35. The van der Waals surface area contributed by atoms with Gasteiger partial charge in [-0.3, -0.25) is 14.5 Å². The number of hydrogen-bond donors (Lipinski definition) is 2. The van der Waals surface area contributed by atoms with Gasteiger partial charge in [0.1, 0.15) is 29.5 Å². The molecule has 1 heterocycles. The molecule has 2 aromatic carbocycles. The third kappa shape index (κ3) is 3.51. The van der Waals surface area contributed by atoms with Crippen LogP contribution >= 0.6 is 0 Å². The van der Waals surface area contributed by atoms with E-state index in [0.717, 1.165) is 18.2 Å². The highest BCUT2D eigenvalue weighted by molar-refractivity contribution is 6.10. The summed E-state index contributed by atoms with van der Waals surface area (Å²) in [6.45, 7) is 0.666. The number of hydrogen-bond acceptors (Lipinski definition) is 4. The molecule has 0 bridgehead atoms. The van der Waals surface area contributed by atoms with E-state index in [0.29, 0.717) is 16.3 Å². The maximum Gasteiger partial charge on any atom is 0.325 e. The van der Waals surface area contributed by atoms with Gasteiger partial charge in [-0.25, -0.2) is 13.6 Å². The van der Waals surface area contributed by atoms with Gasteiger partial charge in [0.25, 0.3) is 5.91 Å². The maximum absolute atomic E-state index is 14.1. The van der Waals surface area contributed by atoms with Crippen LogP contribution in [0.15, 0.2) is 42.5 Å². The van der Waals surface area contributed by atoms with E-state index in [4.69, 9.17) is 4.74 Å². The quantitative estimate of drug-likeness (QED) is 0.769. The Morgan fingerprint density at radius 1 is 1.21 bits per heavy atom. The number of anilines is 1. The van der Waals surface area contributed by atoms with Crippen molar-refractivity contribution >= 4 is 23.5 Å². The molecule has 3 rings (SSSR count). The van der Waals surface area contributed by atoms with E-state index in [1.165, 1.54) is 14.0 Å². The lowest BCUT2D eigenvalue weighted by Crippen LogP contribution is -2.42. The van der Waals surface area contributed by atoms with E-state index in [1.54, 1.807) is 24.3 Å². The number of ether oxygens (including phenoxy) is 1. The van der Waals surface area contributed by atoms with Crippen LogP contribution in [0.25, 0.3) is 0 Å². The zero-order valence-electron chi connectivity index (χ0n) is 15.1. The topological polar surface area (TPSA) is 87.7 Å². The Hall–Kier alpha value is -3.49. The Morgan fingerprint density at radius 3 is 2.68 bits per heavy atom. The van der Waals surface area contributed by atoms with Gasteiger partial charge in [0.05, 0.1) is 7.11 Å². The highest BCUT2D eigenvalue weighted by Gasteiger charge is 2.50. The fourth-order valence-electron chi connectivity index (χ4n) is 2.95. The van der Waals surface area contributed by atoms with Crippen molar-refractivity contribution in [2.24, 2.45) is 0 Å². The fourth-order valence-corrected chi connectivity index (χ4v) is 2.95. The molecule has 28 heavy (non-hydrogen) atoms. The van der Waals surface area contributed by atoms with Crippen molar-refractivity contribution in [3.05, 3.63) is 59.7 Å². The maximum atomic E-state index is 14.1. The van der Waals surface area contributed by atoms with E-state index < -0.39 is 41.6 Å². The largest absolute Gasteiger partial charge is 0.497 e. The van der Waals surface area contributed by atoms with Gasteiger partial charge in [-0.1, -0.05) is 6.07 Å². The minimum Gasteiger partial charge on any atom is -0.497 e. The number of nitrogens with zero attached hydrogens (tertiary/aromatic N) is 1. The molecule has 0 aromatic heterocycles. The molecular formula is C19H17F2N3O4. The van der Waals surface area contributed by atoms with Crippen LogP contribution in [0.1, 0.15) is 12.5 Å². The van der Waals surface area contributed by atoms with Crippen LogP contribution in [0.5, 0.6) is 5.75 Å². The highest BCUT2D eigenvalue weighted by Crippen LogP contribution is 2.31. The summed E-state index contributed by atoms with van der Waals surface area (Å²) in [5.41, 5.74) is -1.73. The molecule has 0 unspecified atom stereocenters. The SMILES string of the molecule is COc1cccc(NC(=O)CN2C(=O)N[C@@](C)(c3cc(F)ccc3F)C2=O)c1. The van der Waals surface area contributed by atoms with Crippen molar-refractivity contribution in [2.45, 2.75) is 12.5 Å². The molecule has 146 valence electrons. The van der Waals surface area contributed by atoms with Gasteiger partial charge in [-0.05, 0) is 37.3 Å². The first-order chi connectivity index (χ1) is 13.2. The number of carbonyl (C=O) groups excluding carboxylic acids is 3.